The van der Waals surface area contributed by atoms with E-state index in [0.717, 1.165) is 30.4 Å². The van der Waals surface area contributed by atoms with Gasteiger partial charge in [0.2, 0.25) is 5.91 Å². The van der Waals surface area contributed by atoms with Gasteiger partial charge < -0.3 is 10.2 Å². The van der Waals surface area contributed by atoms with Gasteiger partial charge in [0.25, 0.3) is 0 Å². The minimum atomic E-state index is 0.175. The normalized spacial score (nSPS) is 21.5. The molecule has 0 bridgehead atoms. The lowest BCUT2D eigenvalue weighted by molar-refractivity contribution is -0.122. The van der Waals surface area contributed by atoms with Crippen LogP contribution in [0, 0.1) is 5.92 Å². The van der Waals surface area contributed by atoms with Crippen molar-refractivity contribution in [1.29, 1.82) is 0 Å². The smallest absolute Gasteiger partial charge is 0.223 e. The van der Waals surface area contributed by atoms with E-state index in [-0.39, 0.29) is 11.8 Å². The fourth-order valence-corrected chi connectivity index (χ4v) is 2.75. The predicted molar refractivity (Wildman–Crippen MR) is 81.2 cm³/mol. The van der Waals surface area contributed by atoms with Crippen LogP contribution < -0.4 is 5.32 Å². The van der Waals surface area contributed by atoms with Crippen LogP contribution in [0.15, 0.2) is 28.7 Å². The van der Waals surface area contributed by atoms with Crippen LogP contribution in [-0.4, -0.2) is 38.0 Å². The molecular formula is C15H21BrN2O. The fraction of sp³-hybridized carbons (Fsp3) is 0.533. The lowest BCUT2D eigenvalue weighted by atomic mass is 10.1. The summed E-state index contributed by atoms with van der Waals surface area (Å²) < 4.78 is 1.09. The largest absolute Gasteiger partial charge is 0.356 e. The van der Waals surface area contributed by atoms with Crippen molar-refractivity contribution in [2.45, 2.75) is 18.8 Å². The van der Waals surface area contributed by atoms with Gasteiger partial charge in [0.05, 0.1) is 0 Å². The third-order valence-electron chi connectivity index (χ3n) is 3.49. The van der Waals surface area contributed by atoms with Gasteiger partial charge in [-0.3, -0.25) is 4.79 Å². The van der Waals surface area contributed by atoms with E-state index < -0.39 is 0 Å². The molecule has 1 amide bonds. The number of nitrogens with zero attached hydrogens (tertiary/aromatic N) is 1. The van der Waals surface area contributed by atoms with E-state index in [1.807, 2.05) is 26.2 Å². The van der Waals surface area contributed by atoms with Gasteiger partial charge in [-0.1, -0.05) is 28.1 Å². The summed E-state index contributed by atoms with van der Waals surface area (Å²) in [7, 11) is 4.10. The van der Waals surface area contributed by atoms with E-state index >= 15 is 0 Å². The molecule has 0 spiro atoms. The summed E-state index contributed by atoms with van der Waals surface area (Å²) in [6.07, 6.45) is 1.99. The molecule has 1 N–H and O–H groups in total. The van der Waals surface area contributed by atoms with Crippen LogP contribution in [0.5, 0.6) is 0 Å². The van der Waals surface area contributed by atoms with E-state index in [0.29, 0.717) is 5.92 Å². The highest BCUT2D eigenvalue weighted by Crippen LogP contribution is 2.47. The molecule has 0 aromatic heterocycles. The van der Waals surface area contributed by atoms with Gasteiger partial charge in [0.15, 0.2) is 0 Å². The Labute approximate surface area is 123 Å². The summed E-state index contributed by atoms with van der Waals surface area (Å²) >= 11 is 3.47. The molecule has 1 saturated carbocycles. The lowest BCUT2D eigenvalue weighted by Gasteiger charge is -2.09. The van der Waals surface area contributed by atoms with Crippen molar-refractivity contribution in [2.24, 2.45) is 5.92 Å². The number of benzene rings is 1. The van der Waals surface area contributed by atoms with Gasteiger partial charge in [-0.05, 0) is 57.1 Å². The quantitative estimate of drug-likeness (QED) is 0.816. The third-order valence-corrected chi connectivity index (χ3v) is 3.98. The average molecular weight is 325 g/mol. The Bertz CT molecular complexity index is 448. The first-order valence-corrected chi connectivity index (χ1v) is 7.55. The summed E-state index contributed by atoms with van der Waals surface area (Å²) in [4.78, 5) is 14.1. The van der Waals surface area contributed by atoms with Crippen molar-refractivity contribution < 1.29 is 4.79 Å². The first kappa shape index (κ1) is 14.5. The Morgan fingerprint density at radius 3 is 2.95 bits per heavy atom. The molecule has 0 aliphatic heterocycles. The van der Waals surface area contributed by atoms with Gasteiger partial charge in [-0.15, -0.1) is 0 Å². The number of amides is 1. The molecule has 0 unspecified atom stereocenters. The molecule has 0 heterocycles. The third kappa shape index (κ3) is 4.32. The summed E-state index contributed by atoms with van der Waals surface area (Å²) in [5.41, 5.74) is 1.27. The molecule has 3 nitrogen and oxygen atoms in total. The summed E-state index contributed by atoms with van der Waals surface area (Å²) in [5, 5.41) is 3.04. The topological polar surface area (TPSA) is 32.3 Å². The fourth-order valence-electron chi connectivity index (χ4n) is 2.33. The first-order valence-electron chi connectivity index (χ1n) is 6.76. The van der Waals surface area contributed by atoms with E-state index in [2.05, 4.69) is 38.3 Å². The Morgan fingerprint density at radius 1 is 1.47 bits per heavy atom. The van der Waals surface area contributed by atoms with Crippen LogP contribution in [0.1, 0.15) is 24.3 Å². The SMILES string of the molecule is CN(C)CCCNC(=O)[C@H]1C[C@@H]1c1cccc(Br)c1. The summed E-state index contributed by atoms with van der Waals surface area (Å²) in [6, 6.07) is 8.27. The van der Waals surface area contributed by atoms with Crippen LogP contribution >= 0.6 is 15.9 Å². The van der Waals surface area contributed by atoms with Gasteiger partial charge in [0, 0.05) is 16.9 Å². The van der Waals surface area contributed by atoms with Gasteiger partial charge in [0.1, 0.15) is 0 Å². The standard InChI is InChI=1S/C15H21BrN2O/c1-18(2)8-4-7-17-15(19)14-10-13(14)11-5-3-6-12(16)9-11/h3,5-6,9,13-14H,4,7-8,10H2,1-2H3,(H,17,19)/t13-,14+/m1/s1. The molecule has 1 aliphatic rings. The first-order chi connectivity index (χ1) is 9.08. The monoisotopic (exact) mass is 324 g/mol. The highest BCUT2D eigenvalue weighted by Gasteiger charge is 2.43. The predicted octanol–water partition coefficient (Wildman–Crippen LogP) is 2.62. The number of carbonyl (C=O) groups is 1. The van der Waals surface area contributed by atoms with Crippen molar-refractivity contribution in [3.05, 3.63) is 34.3 Å². The van der Waals surface area contributed by atoms with E-state index in [9.17, 15) is 4.79 Å². The maximum atomic E-state index is 12.0. The van der Waals surface area contributed by atoms with Crippen LogP contribution in [0.3, 0.4) is 0 Å². The van der Waals surface area contributed by atoms with E-state index in [1.54, 1.807) is 0 Å². The zero-order chi connectivity index (χ0) is 13.8. The Balaban J connectivity index is 1.75. The van der Waals surface area contributed by atoms with Crippen molar-refractivity contribution >= 4 is 21.8 Å². The van der Waals surface area contributed by atoms with Crippen molar-refractivity contribution in [3.8, 4) is 0 Å². The number of halogens is 1. The second kappa shape index (κ2) is 6.53. The van der Waals surface area contributed by atoms with Gasteiger partial charge in [-0.25, -0.2) is 0 Å². The molecule has 1 aromatic rings. The maximum Gasteiger partial charge on any atom is 0.223 e. The number of hydrogen-bond donors (Lipinski definition) is 1. The minimum absolute atomic E-state index is 0.175. The molecule has 19 heavy (non-hydrogen) atoms. The minimum Gasteiger partial charge on any atom is -0.356 e. The van der Waals surface area contributed by atoms with E-state index in [4.69, 9.17) is 0 Å². The molecule has 104 valence electrons. The molecule has 0 radical (unpaired) electrons. The molecule has 1 aromatic carbocycles. The highest BCUT2D eigenvalue weighted by atomic mass is 79.9. The highest BCUT2D eigenvalue weighted by molar-refractivity contribution is 9.10. The van der Waals surface area contributed by atoms with Gasteiger partial charge in [-0.2, -0.15) is 0 Å². The Morgan fingerprint density at radius 2 is 2.26 bits per heavy atom. The van der Waals surface area contributed by atoms with Crippen molar-refractivity contribution in [2.75, 3.05) is 27.2 Å². The van der Waals surface area contributed by atoms with Crippen LogP contribution in [-0.2, 0) is 4.79 Å². The van der Waals surface area contributed by atoms with Gasteiger partial charge >= 0.3 is 0 Å². The Hall–Kier alpha value is -0.870. The average Bonchev–Trinajstić information content (AvgIpc) is 3.14. The van der Waals surface area contributed by atoms with Crippen LogP contribution in [0.25, 0.3) is 0 Å². The number of carbonyl (C=O) groups excluding carboxylic acids is 1. The number of hydrogen-bond acceptors (Lipinski definition) is 2. The number of rotatable bonds is 6. The van der Waals surface area contributed by atoms with Crippen LogP contribution in [0.4, 0.5) is 0 Å². The maximum absolute atomic E-state index is 12.0. The molecule has 0 saturated heterocycles. The van der Waals surface area contributed by atoms with Crippen molar-refractivity contribution in [3.63, 3.8) is 0 Å². The lowest BCUT2D eigenvalue weighted by Crippen LogP contribution is -2.28. The van der Waals surface area contributed by atoms with Crippen LogP contribution in [0.2, 0.25) is 0 Å². The molecule has 2 rings (SSSR count). The molecule has 2 atom stereocenters. The second-order valence-corrected chi connectivity index (χ2v) is 6.37. The molecule has 1 fully saturated rings. The van der Waals surface area contributed by atoms with Crippen molar-refractivity contribution in [1.82, 2.24) is 10.2 Å². The zero-order valence-electron chi connectivity index (χ0n) is 11.5. The molecule has 1 aliphatic carbocycles. The number of nitrogens with one attached hydrogen (secondary N) is 1. The molecular weight excluding hydrogens is 304 g/mol. The summed E-state index contributed by atoms with van der Waals surface area (Å²) in [6.45, 7) is 1.79. The molecule has 4 heteroatoms. The zero-order valence-corrected chi connectivity index (χ0v) is 13.1. The second-order valence-electron chi connectivity index (χ2n) is 5.45. The Kier molecular flexibility index (Phi) is 4.99. The van der Waals surface area contributed by atoms with E-state index in [1.165, 1.54) is 5.56 Å². The summed E-state index contributed by atoms with van der Waals surface area (Å²) in [5.74, 6) is 0.795.